The summed E-state index contributed by atoms with van der Waals surface area (Å²) < 4.78 is 23.9. The molecule has 10 nitrogen and oxygen atoms in total. The largest absolute Gasteiger partial charge is 0.490 e. The number of aliphatic hydroxyl groups is 1. The Labute approximate surface area is 279 Å². The molecule has 1 fully saturated rings. The number of aliphatic hydroxyl groups excluding tert-OH is 1. The van der Waals surface area contributed by atoms with Crippen molar-refractivity contribution in [1.29, 1.82) is 0 Å². The van der Waals surface area contributed by atoms with Crippen molar-refractivity contribution >= 4 is 17.5 Å². The van der Waals surface area contributed by atoms with Crippen molar-refractivity contribution in [3.8, 4) is 17.2 Å². The maximum absolute atomic E-state index is 14.4. The van der Waals surface area contributed by atoms with Crippen LogP contribution in [0.25, 0.3) is 0 Å². The lowest BCUT2D eigenvalue weighted by Gasteiger charge is -2.36. The van der Waals surface area contributed by atoms with Crippen molar-refractivity contribution in [3.63, 3.8) is 0 Å². The average Bonchev–Trinajstić information content (AvgIpc) is 3.54. The van der Waals surface area contributed by atoms with Gasteiger partial charge in [0.15, 0.2) is 11.5 Å². The lowest BCUT2D eigenvalue weighted by atomic mass is 9.88. The molecule has 47 heavy (non-hydrogen) atoms. The smallest absolute Gasteiger partial charge is 0.258 e. The quantitative estimate of drug-likeness (QED) is 0.365. The molecule has 2 aromatic carbocycles. The van der Waals surface area contributed by atoms with Crippen molar-refractivity contribution in [2.24, 2.45) is 11.8 Å². The third kappa shape index (κ3) is 9.39. The van der Waals surface area contributed by atoms with Gasteiger partial charge < -0.3 is 34.3 Å². The van der Waals surface area contributed by atoms with Crippen LogP contribution in [0.5, 0.6) is 17.2 Å². The number of amides is 2. The second kappa shape index (κ2) is 16.7. The number of likely N-dealkylation sites (N-methyl/N-ethyl adjacent to an activating group) is 1. The normalized spacial score (nSPS) is 23.5. The molecule has 2 amide bonds. The Morgan fingerprint density at radius 2 is 1.74 bits per heavy atom. The van der Waals surface area contributed by atoms with Crippen LogP contribution in [0.3, 0.4) is 0 Å². The lowest BCUT2D eigenvalue weighted by Crippen LogP contribution is -2.47. The van der Waals surface area contributed by atoms with Crippen LogP contribution in [0, 0.1) is 11.8 Å². The molecule has 0 radical (unpaired) electrons. The molecule has 2 aliphatic heterocycles. The first-order valence-corrected chi connectivity index (χ1v) is 17.4. The van der Waals surface area contributed by atoms with E-state index in [1.165, 1.54) is 6.42 Å². The van der Waals surface area contributed by atoms with Crippen molar-refractivity contribution in [2.45, 2.75) is 96.9 Å². The van der Waals surface area contributed by atoms with Gasteiger partial charge in [-0.25, -0.2) is 0 Å². The van der Waals surface area contributed by atoms with Gasteiger partial charge in [0.25, 0.3) is 5.91 Å². The second-order valence-electron chi connectivity index (χ2n) is 13.7. The summed E-state index contributed by atoms with van der Waals surface area (Å²) in [6, 6.07) is 11.0. The van der Waals surface area contributed by atoms with Gasteiger partial charge in [-0.3, -0.25) is 14.5 Å². The molecule has 258 valence electrons. The molecule has 4 atom stereocenters. The first kappa shape index (κ1) is 35.0. The fourth-order valence-electron chi connectivity index (χ4n) is 6.79. The molecule has 3 aliphatic rings. The first-order chi connectivity index (χ1) is 22.7. The fourth-order valence-corrected chi connectivity index (χ4v) is 6.79. The van der Waals surface area contributed by atoms with E-state index in [1.54, 1.807) is 17.0 Å². The Hall–Kier alpha value is -3.34. The predicted octanol–water partition coefficient (Wildman–Crippen LogP) is 5.86. The summed E-state index contributed by atoms with van der Waals surface area (Å²) in [5, 5.41) is 13.3. The number of hydrogen-bond acceptors (Lipinski definition) is 8. The monoisotopic (exact) mass is 651 g/mol. The van der Waals surface area contributed by atoms with Crippen LogP contribution >= 0.6 is 0 Å². The number of anilines is 1. The van der Waals surface area contributed by atoms with E-state index in [1.807, 2.05) is 32.0 Å². The zero-order valence-electron chi connectivity index (χ0n) is 28.5. The lowest BCUT2D eigenvalue weighted by molar-refractivity contribution is -0.120. The van der Waals surface area contributed by atoms with E-state index in [4.69, 9.17) is 18.9 Å². The maximum atomic E-state index is 14.4. The van der Waals surface area contributed by atoms with E-state index in [2.05, 4.69) is 30.3 Å². The minimum atomic E-state index is -0.435. The number of carbonyl (C=O) groups excluding carboxylic acids is 2. The SMILES string of the molecule is C[C@H]1CCCCO[C@@H](CN(C)Cc2ccc3c(c2)OCO3)[C@@H](C)CN([C@@H](C)CO)C(=O)c2cc(NC(=O)C3CCCCC3)ccc2O1. The number of ether oxygens (including phenoxy) is 4. The summed E-state index contributed by atoms with van der Waals surface area (Å²) in [5.41, 5.74) is 2.09. The molecule has 0 saturated heterocycles. The fraction of sp³-hybridized carbons (Fsp3) is 0.622. The average molecular weight is 652 g/mol. The Morgan fingerprint density at radius 1 is 1.00 bits per heavy atom. The molecule has 0 bridgehead atoms. The van der Waals surface area contributed by atoms with E-state index >= 15 is 0 Å². The number of fused-ring (bicyclic) bond motifs is 2. The molecule has 10 heteroatoms. The molecule has 0 unspecified atom stereocenters. The third-order valence-electron chi connectivity index (χ3n) is 9.68. The molecule has 2 N–H and O–H groups in total. The number of benzene rings is 2. The van der Waals surface area contributed by atoms with Crippen LogP contribution in [0.15, 0.2) is 36.4 Å². The summed E-state index contributed by atoms with van der Waals surface area (Å²) >= 11 is 0. The van der Waals surface area contributed by atoms with Gasteiger partial charge in [-0.15, -0.1) is 0 Å². The van der Waals surface area contributed by atoms with E-state index in [9.17, 15) is 14.7 Å². The zero-order valence-corrected chi connectivity index (χ0v) is 28.5. The Balaban J connectivity index is 1.36. The van der Waals surface area contributed by atoms with Crippen LogP contribution in [-0.2, 0) is 16.1 Å². The van der Waals surface area contributed by atoms with Crippen LogP contribution in [0.4, 0.5) is 5.69 Å². The summed E-state index contributed by atoms with van der Waals surface area (Å²) in [6.45, 7) is 8.41. The van der Waals surface area contributed by atoms with Crippen molar-refractivity contribution in [1.82, 2.24) is 9.80 Å². The third-order valence-corrected chi connectivity index (χ3v) is 9.68. The molecule has 2 heterocycles. The van der Waals surface area contributed by atoms with E-state index in [-0.39, 0.29) is 49.3 Å². The summed E-state index contributed by atoms with van der Waals surface area (Å²) in [4.78, 5) is 31.5. The van der Waals surface area contributed by atoms with Gasteiger partial charge in [0, 0.05) is 43.8 Å². The van der Waals surface area contributed by atoms with E-state index < -0.39 is 6.04 Å². The van der Waals surface area contributed by atoms with Crippen LogP contribution in [0.1, 0.15) is 88.1 Å². The molecule has 0 spiro atoms. The van der Waals surface area contributed by atoms with E-state index in [0.717, 1.165) is 62.0 Å². The molecular weight excluding hydrogens is 598 g/mol. The Morgan fingerprint density at radius 3 is 2.53 bits per heavy atom. The van der Waals surface area contributed by atoms with Gasteiger partial charge in [-0.2, -0.15) is 0 Å². The minimum Gasteiger partial charge on any atom is -0.490 e. The number of hydrogen-bond donors (Lipinski definition) is 2. The highest BCUT2D eigenvalue weighted by molar-refractivity contribution is 6.00. The molecule has 0 aromatic heterocycles. The molecule has 2 aromatic rings. The van der Waals surface area contributed by atoms with Crippen LogP contribution in [0.2, 0.25) is 0 Å². The topological polar surface area (TPSA) is 110 Å². The minimum absolute atomic E-state index is 0.00346. The van der Waals surface area contributed by atoms with E-state index in [0.29, 0.717) is 43.2 Å². The Bertz CT molecular complexity index is 1350. The summed E-state index contributed by atoms with van der Waals surface area (Å²) in [6.07, 6.45) is 7.49. The summed E-state index contributed by atoms with van der Waals surface area (Å²) in [7, 11) is 2.07. The van der Waals surface area contributed by atoms with Crippen molar-refractivity contribution in [2.75, 3.05) is 45.5 Å². The molecule has 5 rings (SSSR count). The highest BCUT2D eigenvalue weighted by atomic mass is 16.7. The number of rotatable bonds is 8. The molecule has 1 saturated carbocycles. The standard InChI is InChI=1S/C37H53N3O7/c1-25-20-40(26(2)23-41)37(43)31-19-30(38-36(42)29-11-6-5-7-12-29)14-16-32(31)47-27(3)10-8-9-17-44-35(25)22-39(4)21-28-13-15-33-34(18-28)46-24-45-33/h13-16,18-19,25-27,29,35,41H,5-12,17,20-24H2,1-4H3,(H,38,42)/t25-,26-,27-,35-/m0/s1. The van der Waals surface area contributed by atoms with Gasteiger partial charge in [0.2, 0.25) is 12.7 Å². The predicted molar refractivity (Wildman–Crippen MR) is 181 cm³/mol. The number of nitrogens with one attached hydrogen (secondary N) is 1. The number of nitrogens with zero attached hydrogens (tertiary/aromatic N) is 2. The highest BCUT2D eigenvalue weighted by Crippen LogP contribution is 2.33. The maximum Gasteiger partial charge on any atom is 0.258 e. The van der Waals surface area contributed by atoms with Gasteiger partial charge >= 0.3 is 0 Å². The highest BCUT2D eigenvalue weighted by Gasteiger charge is 2.31. The van der Waals surface area contributed by atoms with Gasteiger partial charge in [0.1, 0.15) is 5.75 Å². The molecular formula is C37H53N3O7. The van der Waals surface area contributed by atoms with Gasteiger partial charge in [0.05, 0.1) is 30.4 Å². The van der Waals surface area contributed by atoms with Crippen molar-refractivity contribution < 1.29 is 33.6 Å². The number of carbonyl (C=O) groups is 2. The zero-order chi connectivity index (χ0) is 33.3. The molecule has 1 aliphatic carbocycles. The summed E-state index contributed by atoms with van der Waals surface area (Å²) in [5.74, 6) is 1.76. The van der Waals surface area contributed by atoms with Crippen molar-refractivity contribution in [3.05, 3.63) is 47.5 Å². The Kier molecular flexibility index (Phi) is 12.4. The van der Waals surface area contributed by atoms with Crippen LogP contribution < -0.4 is 19.5 Å². The van der Waals surface area contributed by atoms with Crippen LogP contribution in [-0.4, -0.2) is 85.1 Å². The second-order valence-corrected chi connectivity index (χ2v) is 13.7. The van der Waals surface area contributed by atoms with Gasteiger partial charge in [-0.05, 0) is 88.9 Å². The van der Waals surface area contributed by atoms with Gasteiger partial charge in [-0.1, -0.05) is 32.3 Å². The first-order valence-electron chi connectivity index (χ1n) is 17.4.